The first kappa shape index (κ1) is 14.8. The summed E-state index contributed by atoms with van der Waals surface area (Å²) in [5, 5.41) is 10.5. The lowest BCUT2D eigenvalue weighted by Crippen LogP contribution is -2.20. The molecule has 3 N–H and O–H groups in total. The van der Waals surface area contributed by atoms with E-state index < -0.39 is 0 Å². The van der Waals surface area contributed by atoms with Crippen molar-refractivity contribution in [1.82, 2.24) is 0 Å². The molecular formula is C13H19Cl2NO. The Hall–Kier alpha value is -0.280. The highest BCUT2D eigenvalue weighted by molar-refractivity contribution is 6.35. The maximum absolute atomic E-state index is 9.20. The number of aliphatic hydroxyl groups is 1. The van der Waals surface area contributed by atoms with Crippen molar-refractivity contribution in [3.8, 4) is 0 Å². The van der Waals surface area contributed by atoms with E-state index in [2.05, 4.69) is 6.92 Å². The van der Waals surface area contributed by atoms with E-state index in [4.69, 9.17) is 28.9 Å². The largest absolute Gasteiger partial charge is 0.396 e. The van der Waals surface area contributed by atoms with Crippen LogP contribution >= 0.6 is 23.2 Å². The normalized spacial score (nSPS) is 14.6. The van der Waals surface area contributed by atoms with Gasteiger partial charge in [-0.15, -0.1) is 0 Å². The lowest BCUT2D eigenvalue weighted by Gasteiger charge is -2.21. The summed E-state index contributed by atoms with van der Waals surface area (Å²) >= 11 is 12.1. The van der Waals surface area contributed by atoms with Crippen molar-refractivity contribution in [2.45, 2.75) is 25.7 Å². The second kappa shape index (κ2) is 7.22. The molecule has 2 nitrogen and oxygen atoms in total. The molecule has 0 aliphatic heterocycles. The van der Waals surface area contributed by atoms with Gasteiger partial charge in [0.05, 0.1) is 0 Å². The number of halogens is 2. The van der Waals surface area contributed by atoms with E-state index >= 15 is 0 Å². The minimum absolute atomic E-state index is 0.123. The molecule has 1 rings (SSSR count). The monoisotopic (exact) mass is 275 g/mol. The fraction of sp³-hybridized carbons (Fsp3) is 0.538. The molecule has 2 atom stereocenters. The van der Waals surface area contributed by atoms with E-state index in [0.29, 0.717) is 22.5 Å². The molecule has 0 aliphatic rings. The molecule has 0 heterocycles. The topological polar surface area (TPSA) is 46.2 Å². The molecule has 1 aromatic carbocycles. The molecule has 0 aromatic heterocycles. The maximum atomic E-state index is 9.20. The van der Waals surface area contributed by atoms with Crippen LogP contribution in [0.2, 0.25) is 10.0 Å². The molecule has 0 bridgehead atoms. The van der Waals surface area contributed by atoms with Crippen LogP contribution in [0.3, 0.4) is 0 Å². The van der Waals surface area contributed by atoms with E-state index in [1.165, 1.54) is 0 Å². The summed E-state index contributed by atoms with van der Waals surface area (Å²) in [6, 6.07) is 5.57. The van der Waals surface area contributed by atoms with Crippen LogP contribution in [0.15, 0.2) is 18.2 Å². The van der Waals surface area contributed by atoms with Gasteiger partial charge in [-0.2, -0.15) is 0 Å². The van der Waals surface area contributed by atoms with Gasteiger partial charge in [-0.1, -0.05) is 36.2 Å². The maximum Gasteiger partial charge on any atom is 0.0471 e. The van der Waals surface area contributed by atoms with Gasteiger partial charge >= 0.3 is 0 Å². The third-order valence-corrected chi connectivity index (χ3v) is 3.67. The molecular weight excluding hydrogens is 257 g/mol. The first-order valence-electron chi connectivity index (χ1n) is 5.88. The second-order valence-electron chi connectivity index (χ2n) is 4.29. The first-order valence-corrected chi connectivity index (χ1v) is 6.63. The fourth-order valence-corrected chi connectivity index (χ4v) is 2.56. The third-order valence-electron chi connectivity index (χ3n) is 3.10. The molecule has 0 amide bonds. The van der Waals surface area contributed by atoms with Crippen LogP contribution in [0.1, 0.15) is 31.2 Å². The molecule has 96 valence electrons. The Morgan fingerprint density at radius 3 is 2.53 bits per heavy atom. The highest BCUT2D eigenvalue weighted by atomic mass is 35.5. The lowest BCUT2D eigenvalue weighted by molar-refractivity contribution is 0.214. The molecule has 0 aliphatic carbocycles. The molecule has 17 heavy (non-hydrogen) atoms. The van der Waals surface area contributed by atoms with E-state index in [1.54, 1.807) is 6.07 Å². The van der Waals surface area contributed by atoms with Crippen LogP contribution in [-0.4, -0.2) is 18.3 Å². The van der Waals surface area contributed by atoms with Crippen molar-refractivity contribution >= 4 is 23.2 Å². The summed E-state index contributed by atoms with van der Waals surface area (Å²) in [5.74, 6) is 0.451. The molecule has 0 spiro atoms. The van der Waals surface area contributed by atoms with E-state index in [0.717, 1.165) is 18.4 Å². The Kier molecular flexibility index (Phi) is 6.28. The number of nitrogens with two attached hydrogens (primary N) is 1. The van der Waals surface area contributed by atoms with Crippen LogP contribution in [0.5, 0.6) is 0 Å². The van der Waals surface area contributed by atoms with Crippen LogP contribution in [-0.2, 0) is 0 Å². The highest BCUT2D eigenvalue weighted by Crippen LogP contribution is 2.33. The Bertz CT molecular complexity index is 353. The van der Waals surface area contributed by atoms with Crippen molar-refractivity contribution in [3.05, 3.63) is 33.8 Å². The Morgan fingerprint density at radius 2 is 2.06 bits per heavy atom. The fourth-order valence-electron chi connectivity index (χ4n) is 1.99. The van der Waals surface area contributed by atoms with E-state index in [9.17, 15) is 5.11 Å². The minimum atomic E-state index is 0.123. The van der Waals surface area contributed by atoms with Gasteiger partial charge in [0.15, 0.2) is 0 Å². The van der Waals surface area contributed by atoms with Crippen LogP contribution in [0.4, 0.5) is 0 Å². The summed E-state index contributed by atoms with van der Waals surface area (Å²) in [6.45, 7) is 2.73. The van der Waals surface area contributed by atoms with Crippen LogP contribution in [0, 0.1) is 5.92 Å². The van der Waals surface area contributed by atoms with Crippen molar-refractivity contribution < 1.29 is 5.11 Å². The van der Waals surface area contributed by atoms with Gasteiger partial charge in [-0.25, -0.2) is 0 Å². The molecule has 0 fully saturated rings. The zero-order valence-electron chi connectivity index (χ0n) is 10.00. The Labute approximate surface area is 113 Å². The number of aliphatic hydroxyl groups excluding tert-OH is 1. The van der Waals surface area contributed by atoms with Crippen LogP contribution < -0.4 is 5.73 Å². The summed E-state index contributed by atoms with van der Waals surface area (Å²) in [4.78, 5) is 0. The number of hydrogen-bond acceptors (Lipinski definition) is 2. The van der Waals surface area contributed by atoms with Gasteiger partial charge in [0, 0.05) is 16.7 Å². The quantitative estimate of drug-likeness (QED) is 0.836. The second-order valence-corrected chi connectivity index (χ2v) is 5.13. The SMILES string of the molecule is CCC(CC(CN)CO)c1ccc(Cl)cc1Cl. The summed E-state index contributed by atoms with van der Waals surface area (Å²) < 4.78 is 0. The first-order chi connectivity index (χ1) is 8.12. The standard InChI is InChI=1S/C13H19Cl2NO/c1-2-10(5-9(7-16)8-17)12-4-3-11(14)6-13(12)15/h3-4,6,9-10,17H,2,5,7-8,16H2,1H3. The smallest absolute Gasteiger partial charge is 0.0471 e. The number of benzene rings is 1. The molecule has 2 unspecified atom stereocenters. The zero-order valence-corrected chi connectivity index (χ0v) is 11.5. The van der Waals surface area contributed by atoms with Crippen molar-refractivity contribution in [2.75, 3.05) is 13.2 Å². The minimum Gasteiger partial charge on any atom is -0.396 e. The van der Waals surface area contributed by atoms with Crippen molar-refractivity contribution in [2.24, 2.45) is 11.7 Å². The lowest BCUT2D eigenvalue weighted by atomic mass is 9.87. The van der Waals surface area contributed by atoms with Crippen molar-refractivity contribution in [3.63, 3.8) is 0 Å². The predicted molar refractivity (Wildman–Crippen MR) is 73.7 cm³/mol. The zero-order chi connectivity index (χ0) is 12.8. The molecule has 1 aromatic rings. The highest BCUT2D eigenvalue weighted by Gasteiger charge is 2.17. The summed E-state index contributed by atoms with van der Waals surface area (Å²) in [6.07, 6.45) is 1.82. The summed E-state index contributed by atoms with van der Waals surface area (Å²) in [7, 11) is 0. The van der Waals surface area contributed by atoms with Gasteiger partial charge < -0.3 is 10.8 Å². The van der Waals surface area contributed by atoms with Crippen LogP contribution in [0.25, 0.3) is 0 Å². The number of hydrogen-bond donors (Lipinski definition) is 2. The average molecular weight is 276 g/mol. The van der Waals surface area contributed by atoms with E-state index in [1.807, 2.05) is 12.1 Å². The molecule has 4 heteroatoms. The van der Waals surface area contributed by atoms with Gasteiger partial charge in [-0.05, 0) is 48.9 Å². The third kappa shape index (κ3) is 4.14. The molecule has 0 radical (unpaired) electrons. The average Bonchev–Trinajstić information content (AvgIpc) is 2.32. The molecule has 0 saturated heterocycles. The molecule has 0 saturated carbocycles. The van der Waals surface area contributed by atoms with Gasteiger partial charge in [0.1, 0.15) is 0 Å². The van der Waals surface area contributed by atoms with E-state index in [-0.39, 0.29) is 12.5 Å². The van der Waals surface area contributed by atoms with Crippen molar-refractivity contribution in [1.29, 1.82) is 0 Å². The number of rotatable bonds is 6. The van der Waals surface area contributed by atoms with Gasteiger partial charge in [0.2, 0.25) is 0 Å². The predicted octanol–water partition coefficient (Wildman–Crippen LogP) is 3.44. The van der Waals surface area contributed by atoms with Gasteiger partial charge in [-0.3, -0.25) is 0 Å². The Balaban J connectivity index is 2.85. The Morgan fingerprint density at radius 1 is 1.35 bits per heavy atom. The van der Waals surface area contributed by atoms with Gasteiger partial charge in [0.25, 0.3) is 0 Å². The summed E-state index contributed by atoms with van der Waals surface area (Å²) in [5.41, 5.74) is 6.70.